The largest absolute Gasteiger partial charge is 0.547 e. The SMILES string of the molecule is C#CCCCCC1=C(O[Si](C)(C)C(C)(C)C)CCCC1. The van der Waals surface area contributed by atoms with Gasteiger partial charge in [0.05, 0.1) is 5.76 Å². The standard InChI is InChI=1S/C18H32OSi/c1-7-8-9-10-13-16-14-11-12-15-17(16)19-20(5,6)18(2,3)4/h1H,8-15H2,2-6H3. The van der Waals surface area contributed by atoms with Crippen LogP contribution in [0, 0.1) is 12.3 Å². The van der Waals surface area contributed by atoms with E-state index < -0.39 is 8.32 Å². The Morgan fingerprint density at radius 1 is 1.15 bits per heavy atom. The Labute approximate surface area is 127 Å². The van der Waals surface area contributed by atoms with E-state index in [2.05, 4.69) is 39.8 Å². The van der Waals surface area contributed by atoms with Crippen molar-refractivity contribution in [2.45, 2.75) is 90.3 Å². The van der Waals surface area contributed by atoms with Gasteiger partial charge in [-0.3, -0.25) is 0 Å². The summed E-state index contributed by atoms with van der Waals surface area (Å²) in [5.74, 6) is 4.07. The van der Waals surface area contributed by atoms with Gasteiger partial charge in [-0.1, -0.05) is 20.8 Å². The number of unbranched alkanes of at least 4 members (excludes halogenated alkanes) is 2. The average molecular weight is 293 g/mol. The highest BCUT2D eigenvalue weighted by atomic mass is 28.4. The highest BCUT2D eigenvalue weighted by molar-refractivity contribution is 6.74. The third-order valence-electron chi connectivity index (χ3n) is 4.76. The molecule has 0 aromatic carbocycles. The smallest absolute Gasteiger partial charge is 0.250 e. The fourth-order valence-electron chi connectivity index (χ4n) is 2.35. The van der Waals surface area contributed by atoms with Crippen LogP contribution in [0.3, 0.4) is 0 Å². The van der Waals surface area contributed by atoms with Crippen LogP contribution in [0.15, 0.2) is 11.3 Å². The minimum absolute atomic E-state index is 0.284. The van der Waals surface area contributed by atoms with Gasteiger partial charge in [0.15, 0.2) is 0 Å². The molecule has 1 aliphatic rings. The normalized spacial score (nSPS) is 17.0. The molecule has 0 saturated carbocycles. The number of rotatable bonds is 6. The van der Waals surface area contributed by atoms with Crippen molar-refractivity contribution < 1.29 is 4.43 Å². The zero-order valence-electron chi connectivity index (χ0n) is 14.1. The van der Waals surface area contributed by atoms with E-state index in [0.717, 1.165) is 19.3 Å². The Morgan fingerprint density at radius 3 is 2.40 bits per heavy atom. The molecule has 0 bridgehead atoms. The van der Waals surface area contributed by atoms with Crippen molar-refractivity contribution in [1.82, 2.24) is 0 Å². The molecule has 0 spiro atoms. The van der Waals surface area contributed by atoms with Crippen molar-refractivity contribution in [1.29, 1.82) is 0 Å². The lowest BCUT2D eigenvalue weighted by Gasteiger charge is -2.39. The van der Waals surface area contributed by atoms with Crippen molar-refractivity contribution in [3.63, 3.8) is 0 Å². The number of hydrogen-bond donors (Lipinski definition) is 0. The lowest BCUT2D eigenvalue weighted by Crippen LogP contribution is -2.40. The van der Waals surface area contributed by atoms with Gasteiger partial charge in [0.1, 0.15) is 0 Å². The monoisotopic (exact) mass is 292 g/mol. The highest BCUT2D eigenvalue weighted by Crippen LogP contribution is 2.40. The molecule has 0 unspecified atom stereocenters. The van der Waals surface area contributed by atoms with Crippen molar-refractivity contribution in [3.05, 3.63) is 11.3 Å². The Kier molecular flexibility index (Phi) is 6.39. The first-order valence-corrected chi connectivity index (χ1v) is 11.0. The van der Waals surface area contributed by atoms with Crippen molar-refractivity contribution in [3.8, 4) is 12.3 Å². The molecule has 0 saturated heterocycles. The lowest BCUT2D eigenvalue weighted by atomic mass is 9.94. The van der Waals surface area contributed by atoms with Crippen LogP contribution in [0.5, 0.6) is 0 Å². The highest BCUT2D eigenvalue weighted by Gasteiger charge is 2.39. The molecule has 1 aliphatic carbocycles. The van der Waals surface area contributed by atoms with Crippen LogP contribution in [0.1, 0.15) is 72.1 Å². The van der Waals surface area contributed by atoms with Crippen LogP contribution in [0.4, 0.5) is 0 Å². The maximum Gasteiger partial charge on any atom is 0.250 e. The molecule has 0 fully saturated rings. The van der Waals surface area contributed by atoms with E-state index in [0.29, 0.717) is 0 Å². The molecule has 0 aromatic rings. The van der Waals surface area contributed by atoms with E-state index in [1.54, 1.807) is 5.57 Å². The summed E-state index contributed by atoms with van der Waals surface area (Å²) in [5, 5.41) is 0.284. The second kappa shape index (κ2) is 7.36. The van der Waals surface area contributed by atoms with E-state index in [4.69, 9.17) is 10.8 Å². The van der Waals surface area contributed by atoms with E-state index in [9.17, 15) is 0 Å². The fourth-order valence-corrected chi connectivity index (χ4v) is 3.52. The molecular weight excluding hydrogens is 260 g/mol. The predicted molar refractivity (Wildman–Crippen MR) is 91.1 cm³/mol. The van der Waals surface area contributed by atoms with Gasteiger partial charge >= 0.3 is 0 Å². The van der Waals surface area contributed by atoms with Crippen molar-refractivity contribution >= 4 is 8.32 Å². The minimum Gasteiger partial charge on any atom is -0.547 e. The number of terminal acetylenes is 1. The lowest BCUT2D eigenvalue weighted by molar-refractivity contribution is 0.340. The second-order valence-corrected chi connectivity index (χ2v) is 12.2. The van der Waals surface area contributed by atoms with Gasteiger partial charge in [0.25, 0.3) is 0 Å². The molecule has 0 N–H and O–H groups in total. The van der Waals surface area contributed by atoms with Crippen molar-refractivity contribution in [2.24, 2.45) is 0 Å². The van der Waals surface area contributed by atoms with Gasteiger partial charge < -0.3 is 4.43 Å². The Morgan fingerprint density at radius 2 is 1.80 bits per heavy atom. The summed E-state index contributed by atoms with van der Waals surface area (Å²) >= 11 is 0. The molecular formula is C18H32OSi. The first kappa shape index (κ1) is 17.4. The molecule has 1 nitrogen and oxygen atoms in total. The van der Waals surface area contributed by atoms with Crippen LogP contribution in [-0.4, -0.2) is 8.32 Å². The summed E-state index contributed by atoms with van der Waals surface area (Å²) < 4.78 is 6.59. The molecule has 0 atom stereocenters. The van der Waals surface area contributed by atoms with Gasteiger partial charge in [-0.2, -0.15) is 0 Å². The Balaban J connectivity index is 2.71. The zero-order valence-corrected chi connectivity index (χ0v) is 15.1. The van der Waals surface area contributed by atoms with E-state index in [-0.39, 0.29) is 5.04 Å². The van der Waals surface area contributed by atoms with Crippen LogP contribution in [-0.2, 0) is 4.43 Å². The molecule has 1 rings (SSSR count). The molecule has 0 radical (unpaired) electrons. The molecule has 0 heterocycles. The molecule has 0 amide bonds. The third-order valence-corrected chi connectivity index (χ3v) is 9.13. The second-order valence-electron chi connectivity index (χ2n) is 7.51. The maximum atomic E-state index is 6.59. The van der Waals surface area contributed by atoms with Crippen LogP contribution >= 0.6 is 0 Å². The third kappa shape index (κ3) is 5.02. The van der Waals surface area contributed by atoms with E-state index in [1.807, 2.05) is 0 Å². The maximum absolute atomic E-state index is 6.59. The zero-order chi connectivity index (χ0) is 15.2. The Bertz CT molecular complexity index is 379. The fraction of sp³-hybridized carbons (Fsp3) is 0.778. The number of allylic oxidation sites excluding steroid dienone is 2. The molecule has 0 aliphatic heterocycles. The van der Waals surface area contributed by atoms with Crippen molar-refractivity contribution in [2.75, 3.05) is 0 Å². The molecule has 2 heteroatoms. The van der Waals surface area contributed by atoms with E-state index >= 15 is 0 Å². The van der Waals surface area contributed by atoms with Gasteiger partial charge in [-0.25, -0.2) is 0 Å². The topological polar surface area (TPSA) is 9.23 Å². The minimum atomic E-state index is -1.68. The Hall–Kier alpha value is -0.683. The average Bonchev–Trinajstić information content (AvgIpc) is 2.35. The van der Waals surface area contributed by atoms with Gasteiger partial charge in [0, 0.05) is 12.8 Å². The summed E-state index contributed by atoms with van der Waals surface area (Å²) in [6.07, 6.45) is 14.8. The van der Waals surface area contributed by atoms with Gasteiger partial charge in [0.2, 0.25) is 8.32 Å². The molecule has 114 valence electrons. The van der Waals surface area contributed by atoms with E-state index in [1.165, 1.54) is 37.9 Å². The summed E-state index contributed by atoms with van der Waals surface area (Å²) in [6.45, 7) is 11.6. The van der Waals surface area contributed by atoms with Gasteiger partial charge in [-0.05, 0) is 62.2 Å². The van der Waals surface area contributed by atoms with Crippen LogP contribution in [0.25, 0.3) is 0 Å². The van der Waals surface area contributed by atoms with Gasteiger partial charge in [-0.15, -0.1) is 12.3 Å². The first-order chi connectivity index (χ1) is 9.28. The quantitative estimate of drug-likeness (QED) is 0.330. The number of hydrogen-bond acceptors (Lipinski definition) is 1. The molecule has 20 heavy (non-hydrogen) atoms. The summed E-state index contributed by atoms with van der Waals surface area (Å²) in [4.78, 5) is 0. The predicted octanol–water partition coefficient (Wildman–Crippen LogP) is 6.03. The summed E-state index contributed by atoms with van der Waals surface area (Å²) in [5.41, 5.74) is 1.58. The first-order valence-electron chi connectivity index (χ1n) is 8.11. The van der Waals surface area contributed by atoms with Crippen LogP contribution in [0.2, 0.25) is 18.1 Å². The summed E-state index contributed by atoms with van der Waals surface area (Å²) in [6, 6.07) is 0. The summed E-state index contributed by atoms with van der Waals surface area (Å²) in [7, 11) is -1.68. The van der Waals surface area contributed by atoms with Crippen LogP contribution < -0.4 is 0 Å². The molecule has 0 aromatic heterocycles.